The zero-order chi connectivity index (χ0) is 21.7. The number of aromatic nitrogens is 2. The lowest BCUT2D eigenvalue weighted by Crippen LogP contribution is -1.96. The number of benzene rings is 4. The smallest absolute Gasteiger partial charge is 0.0548 e. The molecule has 2 aromatic heterocycles. The van der Waals surface area contributed by atoms with Crippen LogP contribution in [0, 0.1) is 6.92 Å². The lowest BCUT2D eigenvalue weighted by molar-refractivity contribution is 1.10. The molecule has 6 aromatic rings. The molecule has 0 aliphatic heterocycles. The van der Waals surface area contributed by atoms with Crippen LogP contribution in [0.5, 0.6) is 0 Å². The van der Waals surface area contributed by atoms with E-state index in [0.717, 1.165) is 0 Å². The van der Waals surface area contributed by atoms with E-state index in [9.17, 15) is 0 Å². The SMILES string of the molecule is C/C=C\c1c(C)c2cc3c(cc2n1-c1ccccc1)c1ccccc1n3-c1ccccc1. The van der Waals surface area contributed by atoms with Crippen LogP contribution in [0.4, 0.5) is 0 Å². The molecular weight excluding hydrogens is 388 g/mol. The molecule has 0 aliphatic rings. The maximum absolute atomic E-state index is 2.39. The fraction of sp³-hybridized carbons (Fsp3) is 0.0667. The van der Waals surface area contributed by atoms with Gasteiger partial charge >= 0.3 is 0 Å². The topological polar surface area (TPSA) is 9.86 Å². The van der Waals surface area contributed by atoms with Crippen molar-refractivity contribution in [3.8, 4) is 11.4 Å². The van der Waals surface area contributed by atoms with Gasteiger partial charge in [0, 0.05) is 33.2 Å². The molecule has 0 saturated heterocycles. The second-order valence-electron chi connectivity index (χ2n) is 8.26. The largest absolute Gasteiger partial charge is 0.310 e. The summed E-state index contributed by atoms with van der Waals surface area (Å²) in [6.45, 7) is 4.32. The van der Waals surface area contributed by atoms with Gasteiger partial charge in [-0.2, -0.15) is 0 Å². The van der Waals surface area contributed by atoms with E-state index in [1.165, 1.54) is 55.3 Å². The standard InChI is InChI=1S/C30H24N2/c1-3-12-27-21(2)25-19-30-26(20-29(25)31(27)22-13-6-4-7-14-22)24-17-10-11-18-28(24)32(30)23-15-8-5-9-16-23/h3-20H,1-2H3/b12-3-. The maximum Gasteiger partial charge on any atom is 0.0548 e. The summed E-state index contributed by atoms with van der Waals surface area (Å²) in [6.07, 6.45) is 4.34. The molecule has 0 radical (unpaired) electrons. The first-order valence-corrected chi connectivity index (χ1v) is 11.1. The Hall–Kier alpha value is -4.04. The Morgan fingerprint density at radius 2 is 1.12 bits per heavy atom. The first kappa shape index (κ1) is 18.7. The number of allylic oxidation sites excluding steroid dienone is 1. The number of hydrogen-bond donors (Lipinski definition) is 0. The summed E-state index contributed by atoms with van der Waals surface area (Å²) < 4.78 is 4.78. The highest BCUT2D eigenvalue weighted by Crippen LogP contribution is 2.38. The van der Waals surface area contributed by atoms with Gasteiger partial charge in [-0.15, -0.1) is 0 Å². The van der Waals surface area contributed by atoms with Crippen LogP contribution >= 0.6 is 0 Å². The van der Waals surface area contributed by atoms with Gasteiger partial charge in [0.2, 0.25) is 0 Å². The summed E-state index contributed by atoms with van der Waals surface area (Å²) in [4.78, 5) is 0. The molecule has 0 fully saturated rings. The van der Waals surface area contributed by atoms with Crippen LogP contribution in [0.15, 0.2) is 103 Å². The maximum atomic E-state index is 2.39. The average molecular weight is 413 g/mol. The van der Waals surface area contributed by atoms with Gasteiger partial charge in [0.1, 0.15) is 0 Å². The highest BCUT2D eigenvalue weighted by Gasteiger charge is 2.18. The first-order valence-electron chi connectivity index (χ1n) is 11.1. The average Bonchev–Trinajstić information content (AvgIpc) is 3.31. The van der Waals surface area contributed by atoms with E-state index in [1.807, 2.05) is 0 Å². The second kappa shape index (κ2) is 7.28. The third-order valence-electron chi connectivity index (χ3n) is 6.41. The number of para-hydroxylation sites is 3. The summed E-state index contributed by atoms with van der Waals surface area (Å²) in [6, 6.07) is 34.8. The lowest BCUT2D eigenvalue weighted by Gasteiger charge is -2.10. The lowest BCUT2D eigenvalue weighted by atomic mass is 10.1. The van der Waals surface area contributed by atoms with Gasteiger partial charge in [-0.3, -0.25) is 0 Å². The Labute approximate surface area is 187 Å². The van der Waals surface area contributed by atoms with Crippen molar-refractivity contribution in [1.29, 1.82) is 0 Å². The van der Waals surface area contributed by atoms with Gasteiger partial charge < -0.3 is 9.13 Å². The monoisotopic (exact) mass is 412 g/mol. The Kier molecular flexibility index (Phi) is 4.26. The molecule has 0 aliphatic carbocycles. The van der Waals surface area contributed by atoms with Gasteiger partial charge in [-0.25, -0.2) is 0 Å². The van der Waals surface area contributed by atoms with E-state index in [4.69, 9.17) is 0 Å². The summed E-state index contributed by atoms with van der Waals surface area (Å²) in [5.74, 6) is 0. The second-order valence-corrected chi connectivity index (χ2v) is 8.26. The molecule has 4 aromatic carbocycles. The number of rotatable bonds is 3. The molecule has 2 heterocycles. The Bertz CT molecular complexity index is 1610. The fourth-order valence-electron chi connectivity index (χ4n) is 4.99. The van der Waals surface area contributed by atoms with Crippen LogP contribution in [-0.4, -0.2) is 9.13 Å². The minimum absolute atomic E-state index is 1.19. The van der Waals surface area contributed by atoms with E-state index in [0.29, 0.717) is 0 Å². The van der Waals surface area contributed by atoms with Crippen LogP contribution in [-0.2, 0) is 0 Å². The molecule has 0 saturated carbocycles. The Balaban J connectivity index is 1.80. The van der Waals surface area contributed by atoms with E-state index >= 15 is 0 Å². The molecule has 0 bridgehead atoms. The highest BCUT2D eigenvalue weighted by atomic mass is 15.0. The molecule has 0 spiro atoms. The molecule has 2 heteroatoms. The van der Waals surface area contributed by atoms with Gasteiger partial charge in [0.05, 0.1) is 16.6 Å². The molecular formula is C30H24N2. The van der Waals surface area contributed by atoms with Gasteiger partial charge in [-0.05, 0) is 68.0 Å². The third kappa shape index (κ3) is 2.66. The molecule has 32 heavy (non-hydrogen) atoms. The molecule has 0 N–H and O–H groups in total. The number of aryl methyl sites for hydroxylation is 1. The van der Waals surface area contributed by atoms with E-state index in [2.05, 4.69) is 132 Å². The van der Waals surface area contributed by atoms with Crippen molar-refractivity contribution in [2.45, 2.75) is 13.8 Å². The Morgan fingerprint density at radius 1 is 0.562 bits per heavy atom. The molecule has 6 rings (SSSR count). The summed E-state index contributed by atoms with van der Waals surface area (Å²) in [7, 11) is 0. The molecule has 0 amide bonds. The quantitative estimate of drug-likeness (QED) is 0.278. The minimum atomic E-state index is 1.19. The van der Waals surface area contributed by atoms with Crippen LogP contribution in [0.25, 0.3) is 50.2 Å². The van der Waals surface area contributed by atoms with Crippen molar-refractivity contribution in [3.63, 3.8) is 0 Å². The predicted molar refractivity (Wildman–Crippen MR) is 137 cm³/mol. The van der Waals surface area contributed by atoms with Crippen molar-refractivity contribution in [2.24, 2.45) is 0 Å². The summed E-state index contributed by atoms with van der Waals surface area (Å²) in [5.41, 5.74) is 8.62. The number of hydrogen-bond acceptors (Lipinski definition) is 0. The summed E-state index contributed by atoms with van der Waals surface area (Å²) in [5, 5.41) is 3.84. The Morgan fingerprint density at radius 3 is 1.81 bits per heavy atom. The van der Waals surface area contributed by atoms with Crippen molar-refractivity contribution in [2.75, 3.05) is 0 Å². The molecule has 154 valence electrons. The van der Waals surface area contributed by atoms with Crippen molar-refractivity contribution < 1.29 is 0 Å². The molecule has 2 nitrogen and oxygen atoms in total. The van der Waals surface area contributed by atoms with Crippen molar-refractivity contribution in [1.82, 2.24) is 9.13 Å². The fourth-order valence-corrected chi connectivity index (χ4v) is 4.99. The number of fused-ring (bicyclic) bond motifs is 4. The first-order chi connectivity index (χ1) is 15.8. The summed E-state index contributed by atoms with van der Waals surface area (Å²) >= 11 is 0. The zero-order valence-corrected chi connectivity index (χ0v) is 18.3. The van der Waals surface area contributed by atoms with Gasteiger partial charge in [-0.1, -0.05) is 60.7 Å². The van der Waals surface area contributed by atoms with Gasteiger partial charge in [0.15, 0.2) is 0 Å². The van der Waals surface area contributed by atoms with Crippen LogP contribution in [0.1, 0.15) is 18.2 Å². The molecule has 0 atom stereocenters. The van der Waals surface area contributed by atoms with E-state index in [-0.39, 0.29) is 0 Å². The van der Waals surface area contributed by atoms with Crippen molar-refractivity contribution in [3.05, 3.63) is 114 Å². The number of nitrogens with zero attached hydrogens (tertiary/aromatic N) is 2. The zero-order valence-electron chi connectivity index (χ0n) is 18.3. The van der Waals surface area contributed by atoms with E-state index in [1.54, 1.807) is 0 Å². The predicted octanol–water partition coefficient (Wildman–Crippen LogP) is 8.07. The van der Waals surface area contributed by atoms with Crippen LogP contribution < -0.4 is 0 Å². The van der Waals surface area contributed by atoms with Crippen LogP contribution in [0.2, 0.25) is 0 Å². The minimum Gasteiger partial charge on any atom is -0.310 e. The van der Waals surface area contributed by atoms with E-state index < -0.39 is 0 Å². The van der Waals surface area contributed by atoms with Gasteiger partial charge in [0.25, 0.3) is 0 Å². The van der Waals surface area contributed by atoms with Crippen LogP contribution in [0.3, 0.4) is 0 Å². The third-order valence-corrected chi connectivity index (χ3v) is 6.41. The molecule has 0 unspecified atom stereocenters. The normalized spacial score (nSPS) is 11.9. The van der Waals surface area contributed by atoms with Crippen molar-refractivity contribution >= 4 is 38.8 Å². The highest BCUT2D eigenvalue weighted by molar-refractivity contribution is 6.14.